The van der Waals surface area contributed by atoms with Gasteiger partial charge in [-0.2, -0.15) is 0 Å². The number of fused-ring (bicyclic) bond motifs is 1. The second-order valence-electron chi connectivity index (χ2n) is 5.18. The lowest BCUT2D eigenvalue weighted by Crippen LogP contribution is -2.40. The van der Waals surface area contributed by atoms with E-state index in [-0.39, 0.29) is 17.7 Å². The minimum absolute atomic E-state index is 0.0183. The van der Waals surface area contributed by atoms with E-state index >= 15 is 0 Å². The van der Waals surface area contributed by atoms with Gasteiger partial charge in [0.1, 0.15) is 6.04 Å². The Morgan fingerprint density at radius 3 is 2.57 bits per heavy atom. The van der Waals surface area contributed by atoms with Gasteiger partial charge in [0.25, 0.3) is 0 Å². The number of carbonyl (C=O) groups is 3. The highest BCUT2D eigenvalue weighted by Crippen LogP contribution is 2.30. The molecule has 6 nitrogen and oxygen atoms in total. The molecule has 2 N–H and O–H groups in total. The number of amides is 3. The van der Waals surface area contributed by atoms with Crippen LogP contribution in [0.3, 0.4) is 0 Å². The molecular formula is C15H19N3O3. The van der Waals surface area contributed by atoms with E-state index in [4.69, 9.17) is 0 Å². The second-order valence-corrected chi connectivity index (χ2v) is 5.18. The zero-order valence-electron chi connectivity index (χ0n) is 12.4. The maximum absolute atomic E-state index is 11.9. The standard InChI is InChI=1S/C15H19N3O3/c1-9(16-10(2)19)15(21)17-13-4-5-14-12(8-13)6-7-18(14)11(3)20/h4-5,8-9H,6-7H2,1-3H3,(H,16,19)(H,17,21). The molecule has 112 valence electrons. The summed E-state index contributed by atoms with van der Waals surface area (Å²) in [5.41, 5.74) is 2.60. The molecule has 1 unspecified atom stereocenters. The molecule has 0 radical (unpaired) electrons. The maximum Gasteiger partial charge on any atom is 0.246 e. The van der Waals surface area contributed by atoms with Crippen LogP contribution in [0.1, 0.15) is 26.3 Å². The van der Waals surface area contributed by atoms with Gasteiger partial charge in [0, 0.05) is 31.8 Å². The van der Waals surface area contributed by atoms with Crippen LogP contribution in [0.2, 0.25) is 0 Å². The number of nitrogens with zero attached hydrogens (tertiary/aromatic N) is 1. The molecule has 0 aromatic heterocycles. The summed E-state index contributed by atoms with van der Waals surface area (Å²) in [7, 11) is 0. The van der Waals surface area contributed by atoms with Crippen molar-refractivity contribution in [2.45, 2.75) is 33.2 Å². The third kappa shape index (κ3) is 3.39. The van der Waals surface area contributed by atoms with E-state index in [1.165, 1.54) is 6.92 Å². The molecule has 3 amide bonds. The van der Waals surface area contributed by atoms with Crippen LogP contribution < -0.4 is 15.5 Å². The van der Waals surface area contributed by atoms with Crippen LogP contribution in [0.15, 0.2) is 18.2 Å². The van der Waals surface area contributed by atoms with Gasteiger partial charge in [-0.3, -0.25) is 14.4 Å². The van der Waals surface area contributed by atoms with E-state index in [1.54, 1.807) is 24.8 Å². The number of carbonyl (C=O) groups excluding carboxylic acids is 3. The highest BCUT2D eigenvalue weighted by molar-refractivity contribution is 5.98. The molecule has 0 saturated carbocycles. The first kappa shape index (κ1) is 15.0. The van der Waals surface area contributed by atoms with Crippen LogP contribution >= 0.6 is 0 Å². The number of benzene rings is 1. The molecule has 1 aliphatic heterocycles. The fourth-order valence-electron chi connectivity index (χ4n) is 2.43. The predicted octanol–water partition coefficient (Wildman–Crippen LogP) is 1.06. The summed E-state index contributed by atoms with van der Waals surface area (Å²) < 4.78 is 0. The lowest BCUT2D eigenvalue weighted by Gasteiger charge is -2.16. The van der Waals surface area contributed by atoms with Crippen LogP contribution in [0.5, 0.6) is 0 Å². The third-order valence-corrected chi connectivity index (χ3v) is 3.44. The summed E-state index contributed by atoms with van der Waals surface area (Å²) in [5, 5.41) is 5.30. The minimum Gasteiger partial charge on any atom is -0.345 e. The molecule has 6 heteroatoms. The average molecular weight is 289 g/mol. The number of anilines is 2. The van der Waals surface area contributed by atoms with Gasteiger partial charge in [-0.25, -0.2) is 0 Å². The predicted molar refractivity (Wildman–Crippen MR) is 80.1 cm³/mol. The van der Waals surface area contributed by atoms with E-state index in [9.17, 15) is 14.4 Å². The molecule has 0 spiro atoms. The highest BCUT2D eigenvalue weighted by atomic mass is 16.2. The van der Waals surface area contributed by atoms with Gasteiger partial charge in [-0.15, -0.1) is 0 Å². The molecule has 1 atom stereocenters. The maximum atomic E-state index is 11.9. The van der Waals surface area contributed by atoms with Crippen LogP contribution in [-0.2, 0) is 20.8 Å². The van der Waals surface area contributed by atoms with E-state index in [0.29, 0.717) is 12.2 Å². The van der Waals surface area contributed by atoms with Gasteiger partial charge in [-0.05, 0) is 37.1 Å². The third-order valence-electron chi connectivity index (χ3n) is 3.44. The molecule has 1 aromatic carbocycles. The van der Waals surface area contributed by atoms with Crippen molar-refractivity contribution >= 4 is 29.1 Å². The number of hydrogen-bond acceptors (Lipinski definition) is 3. The first-order chi connectivity index (χ1) is 9.88. The van der Waals surface area contributed by atoms with Crippen LogP contribution in [0, 0.1) is 0 Å². The molecule has 1 aliphatic rings. The first-order valence-corrected chi connectivity index (χ1v) is 6.87. The average Bonchev–Trinajstić information content (AvgIpc) is 2.80. The molecular weight excluding hydrogens is 270 g/mol. The Kier molecular flexibility index (Phi) is 4.26. The Hall–Kier alpha value is -2.37. The van der Waals surface area contributed by atoms with Gasteiger partial charge in [0.2, 0.25) is 17.7 Å². The fraction of sp³-hybridized carbons (Fsp3) is 0.400. The lowest BCUT2D eigenvalue weighted by molar-refractivity contribution is -0.124. The topological polar surface area (TPSA) is 78.5 Å². The van der Waals surface area contributed by atoms with Crippen molar-refractivity contribution in [3.63, 3.8) is 0 Å². The summed E-state index contributed by atoms with van der Waals surface area (Å²) in [4.78, 5) is 36.1. The van der Waals surface area contributed by atoms with E-state index in [2.05, 4.69) is 10.6 Å². The monoisotopic (exact) mass is 289 g/mol. The smallest absolute Gasteiger partial charge is 0.246 e. The van der Waals surface area contributed by atoms with E-state index < -0.39 is 6.04 Å². The first-order valence-electron chi connectivity index (χ1n) is 6.87. The van der Waals surface area contributed by atoms with Gasteiger partial charge in [0.05, 0.1) is 0 Å². The number of nitrogens with one attached hydrogen (secondary N) is 2. The number of rotatable bonds is 3. The molecule has 21 heavy (non-hydrogen) atoms. The zero-order valence-corrected chi connectivity index (χ0v) is 12.4. The Morgan fingerprint density at radius 2 is 1.95 bits per heavy atom. The molecule has 0 saturated heterocycles. The van der Waals surface area contributed by atoms with Crippen LogP contribution in [-0.4, -0.2) is 30.3 Å². The van der Waals surface area contributed by atoms with E-state index in [1.807, 2.05) is 12.1 Å². The van der Waals surface area contributed by atoms with Crippen molar-refractivity contribution in [3.05, 3.63) is 23.8 Å². The Labute approximate surface area is 123 Å². The van der Waals surface area contributed by atoms with Crippen LogP contribution in [0.25, 0.3) is 0 Å². The van der Waals surface area contributed by atoms with Gasteiger partial charge in [0.15, 0.2) is 0 Å². The molecule has 0 aliphatic carbocycles. The molecule has 0 bridgehead atoms. The van der Waals surface area contributed by atoms with Crippen molar-refractivity contribution < 1.29 is 14.4 Å². The Morgan fingerprint density at radius 1 is 1.24 bits per heavy atom. The van der Waals surface area contributed by atoms with Gasteiger partial charge < -0.3 is 15.5 Å². The molecule has 0 fully saturated rings. The number of hydrogen-bond donors (Lipinski definition) is 2. The largest absolute Gasteiger partial charge is 0.345 e. The highest BCUT2D eigenvalue weighted by Gasteiger charge is 2.22. The Balaban J connectivity index is 2.08. The zero-order chi connectivity index (χ0) is 15.6. The molecule has 1 heterocycles. The minimum atomic E-state index is -0.593. The SMILES string of the molecule is CC(=O)NC(C)C(=O)Nc1ccc2c(c1)CCN2C(C)=O. The second kappa shape index (κ2) is 5.95. The quantitative estimate of drug-likeness (QED) is 0.873. The van der Waals surface area contributed by atoms with Crippen molar-refractivity contribution in [1.29, 1.82) is 0 Å². The van der Waals surface area contributed by atoms with Crippen molar-refractivity contribution in [2.75, 3.05) is 16.8 Å². The van der Waals surface area contributed by atoms with Gasteiger partial charge in [-0.1, -0.05) is 0 Å². The summed E-state index contributed by atoms with van der Waals surface area (Å²) >= 11 is 0. The fourth-order valence-corrected chi connectivity index (χ4v) is 2.43. The molecule has 2 rings (SSSR count). The normalized spacial score (nSPS) is 14.3. The van der Waals surface area contributed by atoms with Crippen molar-refractivity contribution in [3.8, 4) is 0 Å². The van der Waals surface area contributed by atoms with Crippen molar-refractivity contribution in [1.82, 2.24) is 5.32 Å². The van der Waals surface area contributed by atoms with Crippen molar-refractivity contribution in [2.24, 2.45) is 0 Å². The van der Waals surface area contributed by atoms with Gasteiger partial charge >= 0.3 is 0 Å². The summed E-state index contributed by atoms with van der Waals surface area (Å²) in [6.07, 6.45) is 0.778. The van der Waals surface area contributed by atoms with Crippen LogP contribution in [0.4, 0.5) is 11.4 Å². The summed E-state index contributed by atoms with van der Waals surface area (Å²) in [6, 6.07) is 4.88. The Bertz CT molecular complexity index is 598. The van der Waals surface area contributed by atoms with E-state index in [0.717, 1.165) is 17.7 Å². The molecule has 1 aromatic rings. The lowest BCUT2D eigenvalue weighted by atomic mass is 10.1. The summed E-state index contributed by atoms with van der Waals surface area (Å²) in [6.45, 7) is 5.21. The summed E-state index contributed by atoms with van der Waals surface area (Å²) in [5.74, 6) is -0.500.